The summed E-state index contributed by atoms with van der Waals surface area (Å²) in [5.41, 5.74) is -0.466. The van der Waals surface area contributed by atoms with E-state index in [1.165, 1.54) is 6.42 Å². The molecule has 5 aliphatic rings. The predicted molar refractivity (Wildman–Crippen MR) is 122 cm³/mol. The van der Waals surface area contributed by atoms with Gasteiger partial charge in [0.15, 0.2) is 0 Å². The fraction of sp³-hybridized carbons (Fsp3) is 0.560. The molecule has 2 aliphatic carbocycles. The third-order valence-corrected chi connectivity index (χ3v) is 8.12. The zero-order valence-electron chi connectivity index (χ0n) is 18.3. The largest absolute Gasteiger partial charge is 0.359 e. The molecular formula is C25H28ClN3O4. The molecule has 8 heteroatoms. The van der Waals surface area contributed by atoms with E-state index >= 15 is 0 Å². The Kier molecular flexibility index (Phi) is 5.03. The van der Waals surface area contributed by atoms with Crippen molar-refractivity contribution in [3.63, 3.8) is 0 Å². The van der Waals surface area contributed by atoms with Crippen molar-refractivity contribution >= 4 is 35.0 Å². The molecule has 6 rings (SSSR count). The van der Waals surface area contributed by atoms with Gasteiger partial charge in [-0.25, -0.2) is 0 Å². The molecule has 174 valence electrons. The van der Waals surface area contributed by atoms with Crippen molar-refractivity contribution in [2.75, 3.05) is 5.32 Å². The van der Waals surface area contributed by atoms with E-state index in [4.69, 9.17) is 16.3 Å². The molecule has 3 unspecified atom stereocenters. The van der Waals surface area contributed by atoms with Crippen LogP contribution in [0.3, 0.4) is 0 Å². The number of ether oxygens (including phenoxy) is 1. The fourth-order valence-electron chi connectivity index (χ4n) is 6.24. The average Bonchev–Trinajstić information content (AvgIpc) is 3.40. The number of amides is 3. The maximum atomic E-state index is 13.7. The van der Waals surface area contributed by atoms with Gasteiger partial charge < -0.3 is 20.3 Å². The van der Waals surface area contributed by atoms with Crippen molar-refractivity contribution < 1.29 is 19.1 Å². The Morgan fingerprint density at radius 3 is 2.45 bits per heavy atom. The van der Waals surface area contributed by atoms with E-state index in [0.717, 1.165) is 38.5 Å². The van der Waals surface area contributed by atoms with Crippen molar-refractivity contribution in [3.05, 3.63) is 41.4 Å². The summed E-state index contributed by atoms with van der Waals surface area (Å²) in [6.07, 6.45) is 10.3. The first kappa shape index (κ1) is 21.2. The van der Waals surface area contributed by atoms with Gasteiger partial charge in [-0.1, -0.05) is 43.0 Å². The molecule has 2 saturated carbocycles. The Morgan fingerprint density at radius 1 is 1.03 bits per heavy atom. The van der Waals surface area contributed by atoms with Crippen molar-refractivity contribution in [2.24, 2.45) is 11.8 Å². The summed E-state index contributed by atoms with van der Waals surface area (Å²) in [5, 5.41) is 6.71. The molecule has 4 fully saturated rings. The van der Waals surface area contributed by atoms with Crippen LogP contribution in [0.2, 0.25) is 5.02 Å². The fourth-order valence-corrected chi connectivity index (χ4v) is 6.36. The smallest absolute Gasteiger partial charge is 0.246 e. The number of hydrogen-bond acceptors (Lipinski definition) is 4. The van der Waals surface area contributed by atoms with Gasteiger partial charge in [0, 0.05) is 22.8 Å². The first-order valence-electron chi connectivity index (χ1n) is 12.0. The van der Waals surface area contributed by atoms with Crippen LogP contribution in [-0.4, -0.2) is 52.5 Å². The first-order chi connectivity index (χ1) is 16.0. The van der Waals surface area contributed by atoms with E-state index in [0.29, 0.717) is 10.7 Å². The monoisotopic (exact) mass is 469 g/mol. The van der Waals surface area contributed by atoms with E-state index in [-0.39, 0.29) is 29.8 Å². The molecule has 3 amide bonds. The molecule has 2 bridgehead atoms. The third-order valence-electron chi connectivity index (χ3n) is 7.87. The highest BCUT2D eigenvalue weighted by atomic mass is 35.5. The van der Waals surface area contributed by atoms with Crippen LogP contribution >= 0.6 is 11.6 Å². The van der Waals surface area contributed by atoms with Gasteiger partial charge in [0.25, 0.3) is 0 Å². The highest BCUT2D eigenvalue weighted by Gasteiger charge is 2.74. The number of halogens is 1. The number of hydrogen-bond donors (Lipinski definition) is 2. The molecule has 3 heterocycles. The second-order valence-corrected chi connectivity index (χ2v) is 10.5. The number of likely N-dealkylation sites (tertiary alicyclic amines) is 1. The van der Waals surface area contributed by atoms with Crippen LogP contribution in [0, 0.1) is 11.8 Å². The second-order valence-electron chi connectivity index (χ2n) is 10.0. The van der Waals surface area contributed by atoms with Crippen LogP contribution in [0.25, 0.3) is 0 Å². The summed E-state index contributed by atoms with van der Waals surface area (Å²) in [6.45, 7) is 0. The normalized spacial score (nSPS) is 35.1. The highest BCUT2D eigenvalue weighted by Crippen LogP contribution is 2.57. The van der Waals surface area contributed by atoms with Crippen LogP contribution in [0.1, 0.15) is 44.9 Å². The Balaban J connectivity index is 1.29. The molecule has 7 nitrogen and oxygen atoms in total. The van der Waals surface area contributed by atoms with Crippen LogP contribution < -0.4 is 10.6 Å². The second kappa shape index (κ2) is 7.84. The number of carbonyl (C=O) groups excluding carboxylic acids is 3. The number of benzene rings is 1. The standard InChI is InChI=1S/C25H28ClN3O4/c26-14-6-8-16(9-7-14)27-22(30)19-18-12-13-25(33-18)20(19)24(32)29(17-10-11-17)21(25)23(31)28-15-4-2-1-3-5-15/h6-9,12-13,15,17-21H,1-5,10-11H2,(H,27,30)(H,28,31)/t18-,19?,20-,21?,25?/m1/s1. The van der Waals surface area contributed by atoms with Gasteiger partial charge in [-0.2, -0.15) is 0 Å². The average molecular weight is 470 g/mol. The number of anilines is 1. The summed E-state index contributed by atoms with van der Waals surface area (Å²) in [6, 6.07) is 6.34. The van der Waals surface area contributed by atoms with E-state index in [1.54, 1.807) is 29.2 Å². The molecule has 2 saturated heterocycles. The number of nitrogens with one attached hydrogen (secondary N) is 2. The third kappa shape index (κ3) is 3.39. The minimum atomic E-state index is -1.08. The van der Waals surface area contributed by atoms with Gasteiger partial charge in [-0.3, -0.25) is 14.4 Å². The summed E-state index contributed by atoms with van der Waals surface area (Å²) >= 11 is 5.96. The molecule has 1 aromatic rings. The SMILES string of the molecule is O=C(Nc1ccc(Cl)cc1)C1[C@H]2C=CC3(O2)C(C(=O)NC2CCCCC2)N(C2CC2)C(=O)[C@@H]13. The number of rotatable bonds is 5. The van der Waals surface area contributed by atoms with E-state index in [1.807, 2.05) is 12.2 Å². The molecule has 2 N–H and O–H groups in total. The molecule has 3 aliphatic heterocycles. The van der Waals surface area contributed by atoms with Gasteiger partial charge in [0.1, 0.15) is 11.6 Å². The van der Waals surface area contributed by atoms with E-state index < -0.39 is 29.6 Å². The Morgan fingerprint density at radius 2 is 1.76 bits per heavy atom. The summed E-state index contributed by atoms with van der Waals surface area (Å²) < 4.78 is 6.36. The minimum absolute atomic E-state index is 0.0515. The van der Waals surface area contributed by atoms with Crippen molar-refractivity contribution in [2.45, 2.75) is 74.8 Å². The molecule has 1 spiro atoms. The van der Waals surface area contributed by atoms with E-state index in [9.17, 15) is 14.4 Å². The maximum Gasteiger partial charge on any atom is 0.246 e. The Bertz CT molecular complexity index is 1020. The van der Waals surface area contributed by atoms with Crippen LogP contribution in [0.15, 0.2) is 36.4 Å². The molecule has 33 heavy (non-hydrogen) atoms. The molecular weight excluding hydrogens is 442 g/mol. The van der Waals surface area contributed by atoms with Crippen LogP contribution in [-0.2, 0) is 19.1 Å². The lowest BCUT2D eigenvalue weighted by molar-refractivity contribution is -0.142. The summed E-state index contributed by atoms with van der Waals surface area (Å²) in [4.78, 5) is 42.4. The zero-order chi connectivity index (χ0) is 22.7. The lowest BCUT2D eigenvalue weighted by atomic mass is 9.74. The first-order valence-corrected chi connectivity index (χ1v) is 12.4. The topological polar surface area (TPSA) is 87.7 Å². The number of nitrogens with zero attached hydrogens (tertiary/aromatic N) is 1. The van der Waals surface area contributed by atoms with Crippen LogP contribution in [0.5, 0.6) is 0 Å². The van der Waals surface area contributed by atoms with Gasteiger partial charge in [0.05, 0.1) is 17.9 Å². The van der Waals surface area contributed by atoms with Crippen LogP contribution in [0.4, 0.5) is 5.69 Å². The summed E-state index contributed by atoms with van der Waals surface area (Å²) in [7, 11) is 0. The van der Waals surface area contributed by atoms with Gasteiger partial charge >= 0.3 is 0 Å². The quantitative estimate of drug-likeness (QED) is 0.649. The van der Waals surface area contributed by atoms with Crippen molar-refractivity contribution in [1.82, 2.24) is 10.2 Å². The van der Waals surface area contributed by atoms with Gasteiger partial charge in [-0.05, 0) is 49.9 Å². The summed E-state index contributed by atoms with van der Waals surface area (Å²) in [5.74, 6) is -1.91. The Hall–Kier alpha value is -2.38. The van der Waals surface area contributed by atoms with E-state index in [2.05, 4.69) is 10.6 Å². The predicted octanol–water partition coefficient (Wildman–Crippen LogP) is 3.04. The number of carbonyl (C=O) groups is 3. The zero-order valence-corrected chi connectivity index (χ0v) is 19.1. The van der Waals surface area contributed by atoms with Crippen molar-refractivity contribution in [1.29, 1.82) is 0 Å². The molecule has 1 aromatic carbocycles. The van der Waals surface area contributed by atoms with Crippen molar-refractivity contribution in [3.8, 4) is 0 Å². The minimum Gasteiger partial charge on any atom is -0.359 e. The van der Waals surface area contributed by atoms with Gasteiger partial charge in [0.2, 0.25) is 17.7 Å². The highest BCUT2D eigenvalue weighted by molar-refractivity contribution is 6.30. The maximum absolute atomic E-state index is 13.7. The lowest BCUT2D eigenvalue weighted by Crippen LogP contribution is -2.57. The van der Waals surface area contributed by atoms with Gasteiger partial charge in [-0.15, -0.1) is 0 Å². The molecule has 0 aromatic heterocycles. The number of fused-ring (bicyclic) bond motifs is 1. The lowest BCUT2D eigenvalue weighted by Gasteiger charge is -2.34. The molecule has 0 radical (unpaired) electrons. The molecule has 5 atom stereocenters. The Labute approximate surface area is 197 Å².